The molecule has 0 atom stereocenters. The number of carbonyl (C=O) groups excluding carboxylic acids is 1. The maximum Gasteiger partial charge on any atom is 0.230 e. The van der Waals surface area contributed by atoms with Crippen molar-refractivity contribution in [2.24, 2.45) is 0 Å². The van der Waals surface area contributed by atoms with E-state index in [-0.39, 0.29) is 24.1 Å². The maximum absolute atomic E-state index is 13.0. The average molecular weight is 337 g/mol. The van der Waals surface area contributed by atoms with E-state index >= 15 is 0 Å². The van der Waals surface area contributed by atoms with Crippen LogP contribution in [-0.4, -0.2) is 12.5 Å². The van der Waals surface area contributed by atoms with Crippen LogP contribution in [0.1, 0.15) is 25.0 Å². The highest BCUT2D eigenvalue weighted by molar-refractivity contribution is 5.87. The molecule has 0 aromatic heterocycles. The lowest BCUT2D eigenvalue weighted by atomic mass is 9.83. The Hall–Kier alpha value is -2.07. The van der Waals surface area contributed by atoms with Gasteiger partial charge in [-0.05, 0) is 55.7 Å². The standard InChI is InChI=1S/C18H21FN2O.ClH/c1-18(2,14-5-7-15(19)8-6-14)17(22)21-12-11-13-3-9-16(20)10-4-13;/h3-10H,11-12,20H2,1-2H3,(H,21,22);1H. The summed E-state index contributed by atoms with van der Waals surface area (Å²) in [5, 5.41) is 2.94. The van der Waals surface area contributed by atoms with Crippen molar-refractivity contribution >= 4 is 24.0 Å². The highest BCUT2D eigenvalue weighted by Gasteiger charge is 2.29. The molecule has 2 aromatic rings. The van der Waals surface area contributed by atoms with Gasteiger partial charge in [0.2, 0.25) is 5.91 Å². The normalized spacial score (nSPS) is 10.7. The first-order chi connectivity index (χ1) is 10.4. The summed E-state index contributed by atoms with van der Waals surface area (Å²) in [6.45, 7) is 4.21. The van der Waals surface area contributed by atoms with Crippen LogP contribution < -0.4 is 11.1 Å². The smallest absolute Gasteiger partial charge is 0.230 e. The summed E-state index contributed by atoms with van der Waals surface area (Å²) in [5.41, 5.74) is 7.58. The molecule has 0 unspecified atom stereocenters. The lowest BCUT2D eigenvalue weighted by Crippen LogP contribution is -2.40. The van der Waals surface area contributed by atoms with Gasteiger partial charge < -0.3 is 11.1 Å². The van der Waals surface area contributed by atoms with Gasteiger partial charge in [0.1, 0.15) is 5.82 Å². The van der Waals surface area contributed by atoms with E-state index in [1.807, 2.05) is 38.1 Å². The molecule has 2 rings (SSSR count). The van der Waals surface area contributed by atoms with Crippen LogP contribution in [0.5, 0.6) is 0 Å². The molecule has 3 nitrogen and oxygen atoms in total. The van der Waals surface area contributed by atoms with Crippen molar-refractivity contribution in [3.8, 4) is 0 Å². The number of nitrogen functional groups attached to an aromatic ring is 1. The minimum absolute atomic E-state index is 0. The van der Waals surface area contributed by atoms with E-state index in [1.54, 1.807) is 12.1 Å². The molecule has 0 aliphatic rings. The molecular weight excluding hydrogens is 315 g/mol. The van der Waals surface area contributed by atoms with E-state index in [9.17, 15) is 9.18 Å². The number of carbonyl (C=O) groups is 1. The van der Waals surface area contributed by atoms with Gasteiger partial charge in [-0.1, -0.05) is 24.3 Å². The molecule has 0 spiro atoms. The number of halogens is 2. The van der Waals surface area contributed by atoms with Gasteiger partial charge in [0, 0.05) is 12.2 Å². The Labute approximate surface area is 142 Å². The molecule has 2 aromatic carbocycles. The number of nitrogens with one attached hydrogen (secondary N) is 1. The Bertz CT molecular complexity index is 639. The topological polar surface area (TPSA) is 55.1 Å². The van der Waals surface area contributed by atoms with Crippen LogP contribution in [0.3, 0.4) is 0 Å². The highest BCUT2D eigenvalue weighted by atomic mass is 35.5. The summed E-state index contributed by atoms with van der Waals surface area (Å²) in [7, 11) is 0. The number of amides is 1. The molecule has 124 valence electrons. The Morgan fingerprint density at radius 3 is 2.22 bits per heavy atom. The van der Waals surface area contributed by atoms with Gasteiger partial charge in [-0.3, -0.25) is 4.79 Å². The summed E-state index contributed by atoms with van der Waals surface area (Å²) in [4.78, 5) is 12.4. The quantitative estimate of drug-likeness (QED) is 0.821. The molecule has 5 heteroatoms. The van der Waals surface area contributed by atoms with Gasteiger partial charge >= 0.3 is 0 Å². The van der Waals surface area contributed by atoms with Gasteiger partial charge in [0.15, 0.2) is 0 Å². The van der Waals surface area contributed by atoms with Crippen molar-refractivity contribution in [2.75, 3.05) is 12.3 Å². The third-order valence-electron chi connectivity index (χ3n) is 3.81. The molecule has 0 bridgehead atoms. The van der Waals surface area contributed by atoms with Crippen LogP contribution in [0.4, 0.5) is 10.1 Å². The fourth-order valence-corrected chi connectivity index (χ4v) is 2.22. The zero-order valence-electron chi connectivity index (χ0n) is 13.3. The van der Waals surface area contributed by atoms with E-state index in [4.69, 9.17) is 5.73 Å². The number of rotatable bonds is 5. The summed E-state index contributed by atoms with van der Waals surface area (Å²) >= 11 is 0. The van der Waals surface area contributed by atoms with Crippen LogP contribution in [0.2, 0.25) is 0 Å². The molecule has 23 heavy (non-hydrogen) atoms. The second-order valence-corrected chi connectivity index (χ2v) is 5.88. The number of anilines is 1. The summed E-state index contributed by atoms with van der Waals surface area (Å²) in [6, 6.07) is 13.6. The lowest BCUT2D eigenvalue weighted by Gasteiger charge is -2.24. The number of benzene rings is 2. The predicted octanol–water partition coefficient (Wildman–Crippen LogP) is 3.47. The molecular formula is C18H22ClFN2O. The van der Waals surface area contributed by atoms with Crippen LogP contribution in [0.15, 0.2) is 48.5 Å². The fourth-order valence-electron chi connectivity index (χ4n) is 2.22. The monoisotopic (exact) mass is 336 g/mol. The first-order valence-corrected chi connectivity index (χ1v) is 7.28. The molecule has 3 N–H and O–H groups in total. The van der Waals surface area contributed by atoms with Gasteiger partial charge in [-0.25, -0.2) is 4.39 Å². The second-order valence-electron chi connectivity index (χ2n) is 5.88. The minimum Gasteiger partial charge on any atom is -0.399 e. The first-order valence-electron chi connectivity index (χ1n) is 7.28. The van der Waals surface area contributed by atoms with Gasteiger partial charge in [0.05, 0.1) is 5.41 Å². The van der Waals surface area contributed by atoms with Crippen molar-refractivity contribution in [3.05, 3.63) is 65.5 Å². The fraction of sp³-hybridized carbons (Fsp3) is 0.278. The van der Waals surface area contributed by atoms with Crippen LogP contribution in [0.25, 0.3) is 0 Å². The number of hydrogen-bond acceptors (Lipinski definition) is 2. The molecule has 0 saturated heterocycles. The third kappa shape index (κ3) is 4.96. The average Bonchev–Trinajstić information content (AvgIpc) is 2.49. The molecule has 1 amide bonds. The van der Waals surface area contributed by atoms with E-state index in [0.717, 1.165) is 23.2 Å². The molecule has 0 aliphatic heterocycles. The molecule has 0 fully saturated rings. The van der Waals surface area contributed by atoms with E-state index < -0.39 is 5.41 Å². The minimum atomic E-state index is -0.700. The van der Waals surface area contributed by atoms with E-state index in [1.165, 1.54) is 12.1 Å². The molecule has 0 radical (unpaired) electrons. The zero-order chi connectivity index (χ0) is 16.2. The van der Waals surface area contributed by atoms with Gasteiger partial charge in [-0.15, -0.1) is 12.4 Å². The van der Waals surface area contributed by atoms with Crippen LogP contribution >= 0.6 is 12.4 Å². The lowest BCUT2D eigenvalue weighted by molar-refractivity contribution is -0.125. The number of hydrogen-bond donors (Lipinski definition) is 2. The number of nitrogens with two attached hydrogens (primary N) is 1. The molecule has 0 saturated carbocycles. The van der Waals surface area contributed by atoms with Crippen LogP contribution in [0, 0.1) is 5.82 Å². The Morgan fingerprint density at radius 1 is 1.09 bits per heavy atom. The van der Waals surface area contributed by atoms with Crippen molar-refractivity contribution in [2.45, 2.75) is 25.7 Å². The Balaban J connectivity index is 0.00000264. The van der Waals surface area contributed by atoms with Crippen LogP contribution in [-0.2, 0) is 16.6 Å². The Kier molecular flexibility index (Phi) is 6.58. The maximum atomic E-state index is 13.0. The summed E-state index contributed by atoms with van der Waals surface area (Å²) in [6.07, 6.45) is 0.742. The third-order valence-corrected chi connectivity index (χ3v) is 3.81. The van der Waals surface area contributed by atoms with Crippen molar-refractivity contribution in [3.63, 3.8) is 0 Å². The van der Waals surface area contributed by atoms with Crippen molar-refractivity contribution in [1.82, 2.24) is 5.32 Å². The van der Waals surface area contributed by atoms with Gasteiger partial charge in [0.25, 0.3) is 0 Å². The van der Waals surface area contributed by atoms with Gasteiger partial charge in [-0.2, -0.15) is 0 Å². The highest BCUT2D eigenvalue weighted by Crippen LogP contribution is 2.23. The summed E-state index contributed by atoms with van der Waals surface area (Å²) in [5.74, 6) is -0.377. The first kappa shape index (κ1) is 19.0. The molecule has 0 heterocycles. The summed E-state index contributed by atoms with van der Waals surface area (Å²) < 4.78 is 13.0. The van der Waals surface area contributed by atoms with Crippen molar-refractivity contribution < 1.29 is 9.18 Å². The zero-order valence-corrected chi connectivity index (χ0v) is 14.1. The predicted molar refractivity (Wildman–Crippen MR) is 94.2 cm³/mol. The Morgan fingerprint density at radius 2 is 1.65 bits per heavy atom. The molecule has 0 aliphatic carbocycles. The SMILES string of the molecule is CC(C)(C(=O)NCCc1ccc(N)cc1)c1ccc(F)cc1.Cl. The van der Waals surface area contributed by atoms with Crippen molar-refractivity contribution in [1.29, 1.82) is 0 Å². The van der Waals surface area contributed by atoms with E-state index in [0.29, 0.717) is 6.54 Å². The van der Waals surface area contributed by atoms with E-state index in [2.05, 4.69) is 5.32 Å². The largest absolute Gasteiger partial charge is 0.399 e. The second kappa shape index (κ2) is 7.97.